The molecule has 1 atom stereocenters. The summed E-state index contributed by atoms with van der Waals surface area (Å²) in [5, 5.41) is 11.8. The van der Waals surface area contributed by atoms with Crippen molar-refractivity contribution in [3.05, 3.63) is 82.4 Å². The Morgan fingerprint density at radius 1 is 0.921 bits per heavy atom. The lowest BCUT2D eigenvalue weighted by Crippen LogP contribution is -2.29. The molecule has 4 aromatic rings. The van der Waals surface area contributed by atoms with E-state index in [2.05, 4.69) is 0 Å². The molecule has 1 aromatic heterocycles. The number of carbonyl (C=O) groups is 2. The molecule has 1 aliphatic heterocycles. The molecule has 0 saturated carbocycles. The van der Waals surface area contributed by atoms with Crippen LogP contribution in [0.15, 0.2) is 60.2 Å². The predicted molar refractivity (Wildman–Crippen MR) is 146 cm³/mol. The van der Waals surface area contributed by atoms with Gasteiger partial charge < -0.3 is 19.3 Å². The number of nitrogens with zero attached hydrogens (tertiary/aromatic N) is 2. The monoisotopic (exact) mass is 530 g/mol. The number of fused-ring (bicyclic) bond motifs is 1. The number of hydrogen-bond donors (Lipinski definition) is 1. The van der Waals surface area contributed by atoms with Crippen molar-refractivity contribution >= 4 is 44.1 Å². The van der Waals surface area contributed by atoms with Crippen molar-refractivity contribution in [2.24, 2.45) is 0 Å². The Morgan fingerprint density at radius 2 is 1.61 bits per heavy atom. The highest BCUT2D eigenvalue weighted by molar-refractivity contribution is 7.22. The van der Waals surface area contributed by atoms with E-state index in [1.54, 1.807) is 42.5 Å². The molecule has 1 amide bonds. The number of methoxy groups -OCH3 is 3. The predicted octanol–water partition coefficient (Wildman–Crippen LogP) is 5.57. The second-order valence-corrected chi connectivity index (χ2v) is 9.94. The maximum Gasteiger partial charge on any atom is 0.301 e. The van der Waals surface area contributed by atoms with Gasteiger partial charge in [0.1, 0.15) is 29.0 Å². The standard InChI is InChI=1S/C29H26N2O6S/c1-15-12-16(2)24-22(13-15)38-29(30-24)31-25(20-14-19(36-4)10-11-21(20)37-5)23(27(33)28(31)34)26(32)17-6-8-18(35-3)9-7-17/h6-14,25,32H,1-5H3/b26-23+. The summed E-state index contributed by atoms with van der Waals surface area (Å²) in [7, 11) is 4.57. The van der Waals surface area contributed by atoms with Crippen molar-refractivity contribution in [1.82, 2.24) is 4.98 Å². The number of anilines is 1. The second kappa shape index (κ2) is 9.83. The number of aliphatic hydroxyl groups excluding tert-OH is 1. The zero-order valence-corrected chi connectivity index (χ0v) is 22.4. The van der Waals surface area contributed by atoms with Gasteiger partial charge >= 0.3 is 5.91 Å². The number of carbonyl (C=O) groups excluding carboxylic acids is 2. The maximum atomic E-state index is 13.6. The highest BCUT2D eigenvalue weighted by atomic mass is 32.1. The van der Waals surface area contributed by atoms with Crippen molar-refractivity contribution < 1.29 is 28.9 Å². The molecule has 0 bridgehead atoms. The normalized spacial score (nSPS) is 16.8. The van der Waals surface area contributed by atoms with Crippen LogP contribution < -0.4 is 19.1 Å². The van der Waals surface area contributed by atoms with E-state index in [9.17, 15) is 14.7 Å². The van der Waals surface area contributed by atoms with Gasteiger partial charge in [-0.05, 0) is 73.5 Å². The fourth-order valence-corrected chi connectivity index (χ4v) is 5.91. The average Bonchev–Trinajstić information content (AvgIpc) is 3.46. The quantitative estimate of drug-likeness (QED) is 0.198. The number of amides is 1. The van der Waals surface area contributed by atoms with Crippen LogP contribution in [0.2, 0.25) is 0 Å². The van der Waals surface area contributed by atoms with Crippen molar-refractivity contribution in [1.29, 1.82) is 0 Å². The van der Waals surface area contributed by atoms with E-state index in [4.69, 9.17) is 19.2 Å². The van der Waals surface area contributed by atoms with Gasteiger partial charge in [-0.3, -0.25) is 14.5 Å². The van der Waals surface area contributed by atoms with E-state index in [1.165, 1.54) is 37.6 Å². The minimum Gasteiger partial charge on any atom is -0.507 e. The van der Waals surface area contributed by atoms with Crippen LogP contribution in [0.1, 0.15) is 28.3 Å². The van der Waals surface area contributed by atoms with Crippen molar-refractivity contribution in [3.8, 4) is 17.2 Å². The zero-order chi connectivity index (χ0) is 27.1. The van der Waals surface area contributed by atoms with E-state index in [1.807, 2.05) is 26.0 Å². The lowest BCUT2D eigenvalue weighted by atomic mass is 9.94. The van der Waals surface area contributed by atoms with Crippen molar-refractivity contribution in [2.45, 2.75) is 19.9 Å². The number of rotatable bonds is 6. The molecular formula is C29H26N2O6S. The van der Waals surface area contributed by atoms with Gasteiger partial charge in [0.05, 0.1) is 37.1 Å². The number of benzene rings is 3. The van der Waals surface area contributed by atoms with Gasteiger partial charge in [-0.25, -0.2) is 4.98 Å². The Hall–Kier alpha value is -4.37. The summed E-state index contributed by atoms with van der Waals surface area (Å²) in [6, 6.07) is 14.7. The van der Waals surface area contributed by atoms with Gasteiger partial charge in [-0.1, -0.05) is 17.4 Å². The molecule has 3 aromatic carbocycles. The molecule has 5 rings (SSSR count). The molecule has 0 radical (unpaired) electrons. The van der Waals surface area contributed by atoms with Gasteiger partial charge in [0.2, 0.25) is 0 Å². The zero-order valence-electron chi connectivity index (χ0n) is 21.6. The molecular weight excluding hydrogens is 504 g/mol. The summed E-state index contributed by atoms with van der Waals surface area (Å²) in [5.74, 6) is -0.392. The first-order valence-electron chi connectivity index (χ1n) is 11.8. The van der Waals surface area contributed by atoms with Crippen LogP contribution in [-0.2, 0) is 9.59 Å². The van der Waals surface area contributed by atoms with Crippen LogP contribution in [0.5, 0.6) is 17.2 Å². The SMILES string of the molecule is COc1ccc(/C(O)=C2\C(=O)C(=O)N(c3nc4c(C)cc(C)cc4s3)C2c2cc(OC)ccc2OC)cc1. The summed E-state index contributed by atoms with van der Waals surface area (Å²) in [4.78, 5) is 33.3. The van der Waals surface area contributed by atoms with E-state index in [0.29, 0.717) is 33.5 Å². The largest absolute Gasteiger partial charge is 0.507 e. The Balaban J connectivity index is 1.78. The first kappa shape index (κ1) is 25.3. The number of ether oxygens (including phenoxy) is 3. The third-order valence-electron chi connectivity index (χ3n) is 6.56. The molecule has 8 nitrogen and oxygen atoms in total. The molecule has 1 fully saturated rings. The lowest BCUT2D eigenvalue weighted by Gasteiger charge is -2.25. The number of thiazole rings is 1. The minimum atomic E-state index is -1.01. The van der Waals surface area contributed by atoms with Crippen LogP contribution in [0.4, 0.5) is 5.13 Å². The first-order valence-corrected chi connectivity index (χ1v) is 12.6. The van der Waals surface area contributed by atoms with Crippen molar-refractivity contribution in [2.75, 3.05) is 26.2 Å². The number of Topliss-reactive ketones (excluding diaryl/α,β-unsaturated/α-hetero) is 1. The van der Waals surface area contributed by atoms with Gasteiger partial charge in [0.25, 0.3) is 5.78 Å². The Bertz CT molecular complexity index is 1610. The molecule has 1 N–H and O–H groups in total. The fourth-order valence-electron chi connectivity index (χ4n) is 4.74. The lowest BCUT2D eigenvalue weighted by molar-refractivity contribution is -0.132. The number of aromatic nitrogens is 1. The summed E-state index contributed by atoms with van der Waals surface area (Å²) < 4.78 is 17.2. The van der Waals surface area contributed by atoms with E-state index in [-0.39, 0.29) is 11.3 Å². The Kier molecular flexibility index (Phi) is 6.54. The second-order valence-electron chi connectivity index (χ2n) is 8.93. The number of ketones is 1. The Morgan fingerprint density at radius 3 is 2.26 bits per heavy atom. The molecule has 38 heavy (non-hydrogen) atoms. The van der Waals surface area contributed by atoms with Crippen LogP contribution in [0, 0.1) is 13.8 Å². The Labute approximate surface area is 223 Å². The minimum absolute atomic E-state index is 0.0705. The molecule has 9 heteroatoms. The summed E-state index contributed by atoms with van der Waals surface area (Å²) in [6.45, 7) is 3.95. The fraction of sp³-hybridized carbons (Fsp3) is 0.207. The molecule has 1 aliphatic rings. The molecule has 1 unspecified atom stereocenters. The average molecular weight is 531 g/mol. The third kappa shape index (κ3) is 4.14. The molecule has 2 heterocycles. The number of aryl methyl sites for hydroxylation is 2. The van der Waals surface area contributed by atoms with Crippen LogP contribution in [-0.4, -0.2) is 43.1 Å². The van der Waals surface area contributed by atoms with Crippen LogP contribution >= 0.6 is 11.3 Å². The van der Waals surface area contributed by atoms with Gasteiger partial charge in [-0.2, -0.15) is 0 Å². The van der Waals surface area contributed by atoms with Gasteiger partial charge in [0.15, 0.2) is 5.13 Å². The highest BCUT2D eigenvalue weighted by Gasteiger charge is 2.49. The van der Waals surface area contributed by atoms with E-state index in [0.717, 1.165) is 21.3 Å². The van der Waals surface area contributed by atoms with E-state index < -0.39 is 17.7 Å². The summed E-state index contributed by atoms with van der Waals surface area (Å²) in [5.41, 5.74) is 3.56. The molecule has 1 saturated heterocycles. The van der Waals surface area contributed by atoms with Gasteiger partial charge in [0, 0.05) is 11.1 Å². The van der Waals surface area contributed by atoms with E-state index >= 15 is 0 Å². The molecule has 194 valence electrons. The molecule has 0 aliphatic carbocycles. The summed E-state index contributed by atoms with van der Waals surface area (Å²) >= 11 is 1.31. The van der Waals surface area contributed by atoms with Crippen molar-refractivity contribution in [3.63, 3.8) is 0 Å². The van der Waals surface area contributed by atoms with Crippen LogP contribution in [0.3, 0.4) is 0 Å². The third-order valence-corrected chi connectivity index (χ3v) is 7.57. The topological polar surface area (TPSA) is 98.2 Å². The molecule has 0 spiro atoms. The maximum absolute atomic E-state index is 13.6. The highest BCUT2D eigenvalue weighted by Crippen LogP contribution is 2.47. The van der Waals surface area contributed by atoms with Crippen LogP contribution in [0.25, 0.3) is 16.0 Å². The number of aliphatic hydroxyl groups is 1. The number of hydrogen-bond acceptors (Lipinski definition) is 8. The first-order chi connectivity index (χ1) is 18.3. The summed E-state index contributed by atoms with van der Waals surface area (Å²) in [6.07, 6.45) is 0. The van der Waals surface area contributed by atoms with Gasteiger partial charge in [-0.15, -0.1) is 0 Å². The smallest absolute Gasteiger partial charge is 0.301 e.